The third kappa shape index (κ3) is 2.63. The number of aromatic nitrogens is 3. The first kappa shape index (κ1) is 14.8. The van der Waals surface area contributed by atoms with Crippen LogP contribution < -0.4 is 0 Å². The Bertz CT molecular complexity index is 632. The van der Waals surface area contributed by atoms with Gasteiger partial charge in [-0.15, -0.1) is 10.2 Å². The summed E-state index contributed by atoms with van der Waals surface area (Å²) < 4.78 is 13.3. The predicted octanol–water partition coefficient (Wildman–Crippen LogP) is 0.482. The van der Waals surface area contributed by atoms with Crippen LogP contribution in [0.1, 0.15) is 24.5 Å². The standard InChI is InChI=1S/C17H24N4O3/c22-17(16-12-8-24-9-13(12)16)20-4-3-14-18-19-15(21(14)6-5-20)10-23-7-11-1-2-11/h11-13,16H,1-10H2/t12-,13+,16?. The van der Waals surface area contributed by atoms with Crippen molar-refractivity contribution in [2.75, 3.05) is 32.9 Å². The molecule has 7 nitrogen and oxygen atoms in total. The zero-order valence-corrected chi connectivity index (χ0v) is 13.9. The van der Waals surface area contributed by atoms with Gasteiger partial charge in [0.25, 0.3) is 0 Å². The molecule has 4 aliphatic rings. The highest BCUT2D eigenvalue weighted by Crippen LogP contribution is 2.51. The lowest BCUT2D eigenvalue weighted by Gasteiger charge is -2.21. The Morgan fingerprint density at radius 3 is 2.79 bits per heavy atom. The quantitative estimate of drug-likeness (QED) is 0.784. The molecule has 130 valence electrons. The van der Waals surface area contributed by atoms with E-state index in [1.54, 1.807) is 0 Å². The van der Waals surface area contributed by atoms with E-state index in [0.29, 0.717) is 24.3 Å². The number of carbonyl (C=O) groups is 1. The maximum Gasteiger partial charge on any atom is 0.226 e. The monoisotopic (exact) mass is 332 g/mol. The molecule has 3 fully saturated rings. The van der Waals surface area contributed by atoms with Gasteiger partial charge in [-0.2, -0.15) is 0 Å². The van der Waals surface area contributed by atoms with E-state index in [1.807, 2.05) is 4.90 Å². The summed E-state index contributed by atoms with van der Waals surface area (Å²) in [5.74, 6) is 4.12. The Kier molecular flexibility index (Phi) is 3.59. The van der Waals surface area contributed by atoms with Crippen molar-refractivity contribution in [1.82, 2.24) is 19.7 Å². The fourth-order valence-electron chi connectivity index (χ4n) is 4.13. The van der Waals surface area contributed by atoms with Crippen LogP contribution in [0.2, 0.25) is 0 Å². The van der Waals surface area contributed by atoms with Crippen molar-refractivity contribution < 1.29 is 14.3 Å². The largest absolute Gasteiger partial charge is 0.381 e. The molecule has 7 heteroatoms. The van der Waals surface area contributed by atoms with E-state index in [4.69, 9.17) is 9.47 Å². The van der Waals surface area contributed by atoms with Crippen LogP contribution >= 0.6 is 0 Å². The summed E-state index contributed by atoms with van der Waals surface area (Å²) in [5, 5.41) is 8.61. The lowest BCUT2D eigenvalue weighted by molar-refractivity contribution is -0.134. The molecule has 1 aromatic rings. The van der Waals surface area contributed by atoms with Gasteiger partial charge in [0.15, 0.2) is 5.82 Å². The number of rotatable bonds is 5. The van der Waals surface area contributed by atoms with Crippen LogP contribution in [-0.2, 0) is 33.8 Å². The van der Waals surface area contributed by atoms with Crippen molar-refractivity contribution in [2.24, 2.45) is 23.7 Å². The molecule has 1 aromatic heterocycles. The Morgan fingerprint density at radius 1 is 1.17 bits per heavy atom. The van der Waals surface area contributed by atoms with Gasteiger partial charge in [-0.1, -0.05) is 0 Å². The molecule has 0 spiro atoms. The van der Waals surface area contributed by atoms with Crippen molar-refractivity contribution in [3.05, 3.63) is 11.6 Å². The van der Waals surface area contributed by atoms with Gasteiger partial charge < -0.3 is 18.9 Å². The van der Waals surface area contributed by atoms with Gasteiger partial charge in [0, 0.05) is 38.6 Å². The molecule has 5 rings (SSSR count). The van der Waals surface area contributed by atoms with Crippen molar-refractivity contribution in [3.63, 3.8) is 0 Å². The molecule has 1 saturated heterocycles. The molecule has 0 N–H and O–H groups in total. The van der Waals surface area contributed by atoms with Crippen molar-refractivity contribution in [1.29, 1.82) is 0 Å². The smallest absolute Gasteiger partial charge is 0.226 e. The molecule has 24 heavy (non-hydrogen) atoms. The Labute approximate surface area is 141 Å². The predicted molar refractivity (Wildman–Crippen MR) is 84.0 cm³/mol. The van der Waals surface area contributed by atoms with Gasteiger partial charge in [0.2, 0.25) is 5.91 Å². The third-order valence-corrected chi connectivity index (χ3v) is 5.93. The summed E-state index contributed by atoms with van der Waals surface area (Å²) in [6, 6.07) is 0. The van der Waals surface area contributed by atoms with Gasteiger partial charge >= 0.3 is 0 Å². The topological polar surface area (TPSA) is 69.5 Å². The fourth-order valence-corrected chi connectivity index (χ4v) is 4.13. The number of hydrogen-bond donors (Lipinski definition) is 0. The number of fused-ring (bicyclic) bond motifs is 2. The average Bonchev–Trinajstić information content (AvgIpc) is 3.47. The summed E-state index contributed by atoms with van der Waals surface area (Å²) in [5.41, 5.74) is 0. The van der Waals surface area contributed by atoms with E-state index < -0.39 is 0 Å². The van der Waals surface area contributed by atoms with E-state index in [9.17, 15) is 4.79 Å². The molecule has 2 aliphatic carbocycles. The summed E-state index contributed by atoms with van der Waals surface area (Å²) in [7, 11) is 0. The van der Waals surface area contributed by atoms with E-state index in [0.717, 1.165) is 63.4 Å². The van der Waals surface area contributed by atoms with Gasteiger partial charge in [-0.3, -0.25) is 4.79 Å². The van der Waals surface area contributed by atoms with Crippen molar-refractivity contribution in [3.8, 4) is 0 Å². The van der Waals surface area contributed by atoms with E-state index in [-0.39, 0.29) is 5.92 Å². The second kappa shape index (κ2) is 5.81. The molecule has 3 heterocycles. The van der Waals surface area contributed by atoms with Crippen molar-refractivity contribution in [2.45, 2.75) is 32.4 Å². The molecular weight excluding hydrogens is 308 g/mol. The van der Waals surface area contributed by atoms with E-state index >= 15 is 0 Å². The molecule has 0 bridgehead atoms. The minimum absolute atomic E-state index is 0.212. The number of ether oxygens (including phenoxy) is 2. The molecule has 2 saturated carbocycles. The van der Waals surface area contributed by atoms with Crippen LogP contribution in [0.3, 0.4) is 0 Å². The fraction of sp³-hybridized carbons (Fsp3) is 0.824. The lowest BCUT2D eigenvalue weighted by Crippen LogP contribution is -2.36. The summed E-state index contributed by atoms with van der Waals surface area (Å²) >= 11 is 0. The maximum atomic E-state index is 12.7. The Balaban J connectivity index is 1.20. The second-order valence-electron chi connectivity index (χ2n) is 7.61. The molecular formula is C17H24N4O3. The Hall–Kier alpha value is -1.47. The van der Waals surface area contributed by atoms with Crippen LogP contribution in [0.25, 0.3) is 0 Å². The third-order valence-electron chi connectivity index (χ3n) is 5.93. The number of nitrogens with zero attached hydrogens (tertiary/aromatic N) is 4. The van der Waals surface area contributed by atoms with Crippen LogP contribution in [0, 0.1) is 23.7 Å². The van der Waals surface area contributed by atoms with Crippen LogP contribution in [0.15, 0.2) is 0 Å². The summed E-state index contributed by atoms with van der Waals surface area (Å²) in [6.07, 6.45) is 3.37. The average molecular weight is 332 g/mol. The maximum absolute atomic E-state index is 12.7. The van der Waals surface area contributed by atoms with Crippen LogP contribution in [0.4, 0.5) is 0 Å². The first-order chi connectivity index (χ1) is 11.8. The van der Waals surface area contributed by atoms with Gasteiger partial charge in [-0.25, -0.2) is 0 Å². The first-order valence-electron chi connectivity index (χ1n) is 9.16. The summed E-state index contributed by atoms with van der Waals surface area (Å²) in [6.45, 7) is 5.16. The number of amides is 1. The number of carbonyl (C=O) groups excluding carboxylic acids is 1. The SMILES string of the molecule is O=C(C1[C@H]2COC[C@@H]12)N1CCc2nnc(COCC3CC3)n2CC1. The molecule has 3 atom stereocenters. The van der Waals surface area contributed by atoms with Crippen LogP contribution in [-0.4, -0.2) is 58.5 Å². The highest BCUT2D eigenvalue weighted by atomic mass is 16.5. The zero-order chi connectivity index (χ0) is 16.1. The minimum atomic E-state index is 0.212. The first-order valence-corrected chi connectivity index (χ1v) is 9.16. The van der Waals surface area contributed by atoms with E-state index in [2.05, 4.69) is 14.8 Å². The molecule has 0 radical (unpaired) electrons. The molecule has 0 aromatic carbocycles. The molecule has 1 unspecified atom stereocenters. The summed E-state index contributed by atoms with van der Waals surface area (Å²) in [4.78, 5) is 14.8. The highest BCUT2D eigenvalue weighted by molar-refractivity contribution is 5.82. The number of hydrogen-bond acceptors (Lipinski definition) is 5. The zero-order valence-electron chi connectivity index (χ0n) is 13.9. The highest BCUT2D eigenvalue weighted by Gasteiger charge is 2.58. The molecule has 1 amide bonds. The minimum Gasteiger partial charge on any atom is -0.381 e. The second-order valence-corrected chi connectivity index (χ2v) is 7.61. The normalized spacial score (nSPS) is 31.5. The van der Waals surface area contributed by atoms with Crippen LogP contribution in [0.5, 0.6) is 0 Å². The van der Waals surface area contributed by atoms with Gasteiger partial charge in [0.05, 0.1) is 13.2 Å². The van der Waals surface area contributed by atoms with Gasteiger partial charge in [-0.05, 0) is 30.6 Å². The Morgan fingerprint density at radius 2 is 2.00 bits per heavy atom. The lowest BCUT2D eigenvalue weighted by atomic mass is 10.2. The van der Waals surface area contributed by atoms with Gasteiger partial charge in [0.1, 0.15) is 12.4 Å². The van der Waals surface area contributed by atoms with Crippen molar-refractivity contribution >= 4 is 5.91 Å². The van der Waals surface area contributed by atoms with E-state index in [1.165, 1.54) is 12.8 Å². The molecule has 2 aliphatic heterocycles.